The molecule has 2 N–H and O–H groups in total. The van der Waals surface area contributed by atoms with Crippen molar-refractivity contribution in [1.29, 1.82) is 0 Å². The third-order valence-electron chi connectivity index (χ3n) is 5.13. The Morgan fingerprint density at radius 2 is 2.11 bits per heavy atom. The molecule has 6 heteroatoms. The summed E-state index contributed by atoms with van der Waals surface area (Å²) in [4.78, 5) is 4.41. The van der Waals surface area contributed by atoms with Gasteiger partial charge in [-0.3, -0.25) is 9.67 Å². The van der Waals surface area contributed by atoms with Crippen molar-refractivity contribution < 1.29 is 5.11 Å². The van der Waals surface area contributed by atoms with Crippen LogP contribution in [0.2, 0.25) is 5.02 Å². The molecule has 0 amide bonds. The largest absolute Gasteiger partial charge is 0.391 e. The van der Waals surface area contributed by atoms with Gasteiger partial charge in [-0.2, -0.15) is 5.10 Å². The quantitative estimate of drug-likeness (QED) is 0.684. The summed E-state index contributed by atoms with van der Waals surface area (Å²) < 4.78 is 1.86. The van der Waals surface area contributed by atoms with Crippen molar-refractivity contribution in [2.75, 3.05) is 0 Å². The molecule has 1 aromatic carbocycles. The summed E-state index contributed by atoms with van der Waals surface area (Å²) >= 11 is 5.93. The summed E-state index contributed by atoms with van der Waals surface area (Å²) in [6.45, 7) is 1.51. The molecule has 3 aromatic rings. The molecule has 1 aliphatic carbocycles. The minimum Gasteiger partial charge on any atom is -0.391 e. The molecule has 0 radical (unpaired) electrons. The molecule has 1 aliphatic rings. The number of pyridine rings is 1. The van der Waals surface area contributed by atoms with E-state index in [1.165, 1.54) is 5.56 Å². The summed E-state index contributed by atoms with van der Waals surface area (Å²) in [7, 11) is 0. The monoisotopic (exact) mass is 382 g/mol. The highest BCUT2D eigenvalue weighted by molar-refractivity contribution is 6.30. The minimum atomic E-state index is -0.333. The van der Waals surface area contributed by atoms with Crippen LogP contribution in [-0.4, -0.2) is 32.0 Å². The van der Waals surface area contributed by atoms with Gasteiger partial charge in [-0.1, -0.05) is 35.9 Å². The maximum absolute atomic E-state index is 10.4. The number of hydrogen-bond acceptors (Lipinski definition) is 4. The average Bonchev–Trinajstić information content (AvgIpc) is 3.26. The van der Waals surface area contributed by atoms with E-state index in [0.29, 0.717) is 10.9 Å². The molecule has 2 aromatic heterocycles. The topological polar surface area (TPSA) is 63.0 Å². The van der Waals surface area contributed by atoms with E-state index in [4.69, 9.17) is 11.6 Å². The van der Waals surface area contributed by atoms with Crippen molar-refractivity contribution in [1.82, 2.24) is 20.1 Å². The Morgan fingerprint density at radius 1 is 1.19 bits per heavy atom. The van der Waals surface area contributed by atoms with Gasteiger partial charge in [0, 0.05) is 37.1 Å². The lowest BCUT2D eigenvalue weighted by Gasteiger charge is -2.17. The van der Waals surface area contributed by atoms with Gasteiger partial charge in [0.05, 0.1) is 23.0 Å². The number of hydrogen-bond donors (Lipinski definition) is 2. The van der Waals surface area contributed by atoms with E-state index in [0.717, 1.165) is 37.2 Å². The van der Waals surface area contributed by atoms with Gasteiger partial charge < -0.3 is 10.4 Å². The molecule has 1 saturated carbocycles. The van der Waals surface area contributed by atoms with Gasteiger partial charge in [0.1, 0.15) is 0 Å². The van der Waals surface area contributed by atoms with Crippen molar-refractivity contribution in [2.24, 2.45) is 5.92 Å². The molecule has 0 saturated heterocycles. The van der Waals surface area contributed by atoms with Crippen LogP contribution in [-0.2, 0) is 13.1 Å². The number of aliphatic hydroxyl groups is 1. The Labute approximate surface area is 164 Å². The van der Waals surface area contributed by atoms with E-state index in [1.807, 2.05) is 35.3 Å². The highest BCUT2D eigenvalue weighted by atomic mass is 35.5. The van der Waals surface area contributed by atoms with Gasteiger partial charge in [0.15, 0.2) is 0 Å². The van der Waals surface area contributed by atoms with Crippen molar-refractivity contribution in [3.8, 4) is 11.3 Å². The molecule has 27 heavy (non-hydrogen) atoms. The van der Waals surface area contributed by atoms with Crippen LogP contribution >= 0.6 is 11.6 Å². The fourth-order valence-corrected chi connectivity index (χ4v) is 3.97. The Kier molecular flexibility index (Phi) is 5.53. The summed E-state index contributed by atoms with van der Waals surface area (Å²) in [6.07, 6.45) is 6.67. The number of nitrogens with zero attached hydrogens (tertiary/aromatic N) is 3. The molecule has 0 bridgehead atoms. The zero-order chi connectivity index (χ0) is 18.6. The molecule has 0 spiro atoms. The van der Waals surface area contributed by atoms with E-state index in [2.05, 4.69) is 39.7 Å². The van der Waals surface area contributed by atoms with Crippen molar-refractivity contribution in [3.05, 3.63) is 71.6 Å². The minimum absolute atomic E-state index is 0.0968. The summed E-state index contributed by atoms with van der Waals surface area (Å²) in [5.41, 5.74) is 3.26. The van der Waals surface area contributed by atoms with Crippen molar-refractivity contribution >= 4 is 11.6 Å². The fourth-order valence-electron chi connectivity index (χ4n) is 3.81. The molecule has 1 unspecified atom stereocenters. The van der Waals surface area contributed by atoms with Crippen LogP contribution in [0.1, 0.15) is 18.4 Å². The van der Waals surface area contributed by atoms with E-state index in [1.54, 1.807) is 6.20 Å². The first-order valence-corrected chi connectivity index (χ1v) is 9.65. The smallest absolute Gasteiger partial charge is 0.0785 e. The molecule has 3 atom stereocenters. The second kappa shape index (κ2) is 8.21. The molecule has 5 nitrogen and oxygen atoms in total. The maximum atomic E-state index is 10.4. The van der Waals surface area contributed by atoms with Crippen molar-refractivity contribution in [2.45, 2.75) is 38.1 Å². The average molecular weight is 383 g/mol. The standard InChI is InChI=1S/C21H23ClN4O/c22-18-12-25-26(14-18)13-16-9-20(21(27)10-16)24-11-15-4-3-5-17(8-15)19-6-1-2-7-23-19/h1-8,12,14,16,20-21,24,27H,9-11,13H2/t16?,20-,21-/m1/s1. The van der Waals surface area contributed by atoms with Gasteiger partial charge in [0.2, 0.25) is 0 Å². The van der Waals surface area contributed by atoms with Crippen LogP contribution in [0.25, 0.3) is 11.3 Å². The van der Waals surface area contributed by atoms with Gasteiger partial charge in [0.25, 0.3) is 0 Å². The van der Waals surface area contributed by atoms with E-state index < -0.39 is 0 Å². The first-order valence-electron chi connectivity index (χ1n) is 9.27. The van der Waals surface area contributed by atoms with E-state index >= 15 is 0 Å². The zero-order valence-corrected chi connectivity index (χ0v) is 15.8. The van der Waals surface area contributed by atoms with Crippen LogP contribution in [0.5, 0.6) is 0 Å². The number of aromatic nitrogens is 3. The van der Waals surface area contributed by atoms with Crippen molar-refractivity contribution in [3.63, 3.8) is 0 Å². The molecular weight excluding hydrogens is 360 g/mol. The second-order valence-corrected chi connectivity index (χ2v) is 7.62. The van der Waals surface area contributed by atoms with Gasteiger partial charge >= 0.3 is 0 Å². The molecular formula is C21H23ClN4O. The molecule has 0 aliphatic heterocycles. The first kappa shape index (κ1) is 18.2. The number of nitrogens with one attached hydrogen (secondary N) is 1. The third kappa shape index (κ3) is 4.56. The van der Waals surface area contributed by atoms with E-state index in [-0.39, 0.29) is 12.1 Å². The molecule has 4 rings (SSSR count). The van der Waals surface area contributed by atoms with Gasteiger partial charge in [-0.05, 0) is 42.5 Å². The second-order valence-electron chi connectivity index (χ2n) is 7.19. The van der Waals surface area contributed by atoms with Crippen LogP contribution in [0.15, 0.2) is 61.1 Å². The Bertz CT molecular complexity index is 883. The predicted molar refractivity (Wildman–Crippen MR) is 106 cm³/mol. The van der Waals surface area contributed by atoms with Crippen LogP contribution in [0, 0.1) is 5.92 Å². The molecule has 1 fully saturated rings. The number of aliphatic hydroxyl groups excluding tert-OH is 1. The van der Waals surface area contributed by atoms with E-state index in [9.17, 15) is 5.11 Å². The highest BCUT2D eigenvalue weighted by Crippen LogP contribution is 2.28. The zero-order valence-electron chi connectivity index (χ0n) is 15.0. The first-order chi connectivity index (χ1) is 13.2. The normalized spacial score (nSPS) is 22.2. The fraction of sp³-hybridized carbons (Fsp3) is 0.333. The Morgan fingerprint density at radius 3 is 2.89 bits per heavy atom. The lowest BCUT2D eigenvalue weighted by Crippen LogP contribution is -2.35. The highest BCUT2D eigenvalue weighted by Gasteiger charge is 2.32. The Hall–Kier alpha value is -2.21. The number of rotatable bonds is 6. The SMILES string of the molecule is O[C@@H]1CC(Cn2cc(Cl)cn2)C[C@H]1NCc1cccc(-c2ccccn2)c1. The molecule has 2 heterocycles. The summed E-state index contributed by atoms with van der Waals surface area (Å²) in [5, 5.41) is 18.8. The lowest BCUT2D eigenvalue weighted by atomic mass is 10.1. The number of halogens is 1. The Balaban J connectivity index is 1.35. The predicted octanol–water partition coefficient (Wildman–Crippen LogP) is 3.53. The van der Waals surface area contributed by atoms with Crippen LogP contribution in [0.3, 0.4) is 0 Å². The number of benzene rings is 1. The van der Waals surface area contributed by atoms with Crippen LogP contribution < -0.4 is 5.32 Å². The lowest BCUT2D eigenvalue weighted by molar-refractivity contribution is 0.145. The van der Waals surface area contributed by atoms with Crippen LogP contribution in [0.4, 0.5) is 0 Å². The molecule has 140 valence electrons. The third-order valence-corrected chi connectivity index (χ3v) is 5.32. The van der Waals surface area contributed by atoms with Gasteiger partial charge in [-0.15, -0.1) is 0 Å². The summed E-state index contributed by atoms with van der Waals surface area (Å²) in [5.74, 6) is 0.397. The van der Waals surface area contributed by atoms with Gasteiger partial charge in [-0.25, -0.2) is 0 Å². The maximum Gasteiger partial charge on any atom is 0.0785 e. The summed E-state index contributed by atoms with van der Waals surface area (Å²) in [6, 6.07) is 14.4.